The summed E-state index contributed by atoms with van der Waals surface area (Å²) in [5, 5.41) is 8.76. The molecule has 3 rings (SSSR count). The van der Waals surface area contributed by atoms with Crippen molar-refractivity contribution in [3.05, 3.63) is 83.9 Å². The van der Waals surface area contributed by atoms with E-state index in [1.54, 1.807) is 13.0 Å². The summed E-state index contributed by atoms with van der Waals surface area (Å²) in [4.78, 5) is 24.5. The predicted octanol–water partition coefficient (Wildman–Crippen LogP) is 3.65. The van der Waals surface area contributed by atoms with Gasteiger partial charge in [0.15, 0.2) is 0 Å². The maximum absolute atomic E-state index is 12.4. The first kappa shape index (κ1) is 18.3. The van der Waals surface area contributed by atoms with Crippen LogP contribution in [0.25, 0.3) is 10.8 Å². The number of hydrogen-bond acceptors (Lipinski definition) is 3. The Morgan fingerprint density at radius 2 is 1.59 bits per heavy atom. The number of nitrogens with one attached hydrogen (secondary N) is 2. The highest BCUT2D eigenvalue weighted by Gasteiger charge is 2.09. The molecule has 0 aromatic heterocycles. The van der Waals surface area contributed by atoms with E-state index in [0.717, 1.165) is 16.3 Å². The van der Waals surface area contributed by atoms with Gasteiger partial charge in [-0.25, -0.2) is 5.43 Å². The van der Waals surface area contributed by atoms with E-state index in [4.69, 9.17) is 0 Å². The average Bonchev–Trinajstić information content (AvgIpc) is 2.71. The van der Waals surface area contributed by atoms with Crippen LogP contribution in [-0.2, 0) is 11.3 Å². The van der Waals surface area contributed by atoms with Gasteiger partial charge < -0.3 is 5.32 Å². The maximum atomic E-state index is 12.4. The lowest BCUT2D eigenvalue weighted by Gasteiger charge is -2.07. The van der Waals surface area contributed by atoms with Gasteiger partial charge in [-0.3, -0.25) is 9.59 Å². The van der Waals surface area contributed by atoms with Crippen LogP contribution in [0.15, 0.2) is 77.9 Å². The Kier molecular flexibility index (Phi) is 5.94. The van der Waals surface area contributed by atoms with Crippen LogP contribution >= 0.6 is 0 Å². The zero-order valence-electron chi connectivity index (χ0n) is 15.1. The van der Waals surface area contributed by atoms with Gasteiger partial charge in [0.05, 0.1) is 6.42 Å². The van der Waals surface area contributed by atoms with Crippen LogP contribution in [0, 0.1) is 0 Å². The third kappa shape index (κ3) is 5.01. The normalized spacial score (nSPS) is 11.2. The van der Waals surface area contributed by atoms with Gasteiger partial charge in [-0.15, -0.1) is 0 Å². The molecule has 2 amide bonds. The van der Waals surface area contributed by atoms with Crippen molar-refractivity contribution < 1.29 is 9.59 Å². The molecule has 27 heavy (non-hydrogen) atoms. The molecule has 2 N–H and O–H groups in total. The first-order chi connectivity index (χ1) is 13.1. The van der Waals surface area contributed by atoms with E-state index < -0.39 is 0 Å². The quantitative estimate of drug-likeness (QED) is 0.521. The molecule has 136 valence electrons. The molecular weight excluding hydrogens is 338 g/mol. The number of rotatable bonds is 6. The van der Waals surface area contributed by atoms with Crippen molar-refractivity contribution in [2.24, 2.45) is 5.10 Å². The molecule has 0 fully saturated rings. The molecule has 3 aromatic rings. The fourth-order valence-electron chi connectivity index (χ4n) is 2.76. The molecule has 0 heterocycles. The Morgan fingerprint density at radius 1 is 0.889 bits per heavy atom. The summed E-state index contributed by atoms with van der Waals surface area (Å²) in [6.45, 7) is 2.18. The third-order valence-corrected chi connectivity index (χ3v) is 4.13. The van der Waals surface area contributed by atoms with Crippen LogP contribution in [0.4, 0.5) is 0 Å². The van der Waals surface area contributed by atoms with Crippen molar-refractivity contribution >= 4 is 28.3 Å². The molecule has 0 spiro atoms. The number of benzene rings is 3. The Morgan fingerprint density at radius 3 is 2.41 bits per heavy atom. The molecule has 3 aromatic carbocycles. The van der Waals surface area contributed by atoms with Crippen molar-refractivity contribution in [3.8, 4) is 0 Å². The molecular formula is C22H21N3O2. The SMILES string of the molecule is C/C(CC(=O)NCc1ccccc1)=N/NC(=O)c1cccc2ccccc12. The van der Waals surface area contributed by atoms with E-state index in [1.807, 2.05) is 66.7 Å². The smallest absolute Gasteiger partial charge is 0.271 e. The number of carbonyl (C=O) groups is 2. The lowest BCUT2D eigenvalue weighted by molar-refractivity contribution is -0.120. The second-order valence-electron chi connectivity index (χ2n) is 6.25. The maximum Gasteiger partial charge on any atom is 0.271 e. The van der Waals surface area contributed by atoms with Gasteiger partial charge in [-0.1, -0.05) is 66.7 Å². The van der Waals surface area contributed by atoms with Gasteiger partial charge in [-0.2, -0.15) is 5.10 Å². The van der Waals surface area contributed by atoms with Crippen LogP contribution in [0.5, 0.6) is 0 Å². The van der Waals surface area contributed by atoms with Gasteiger partial charge in [0.1, 0.15) is 0 Å². The Balaban J connectivity index is 1.56. The van der Waals surface area contributed by atoms with Gasteiger partial charge >= 0.3 is 0 Å². The number of hydrazone groups is 1. The van der Waals surface area contributed by atoms with Crippen molar-refractivity contribution in [2.45, 2.75) is 19.9 Å². The molecule has 0 aliphatic rings. The van der Waals surface area contributed by atoms with E-state index in [1.165, 1.54) is 0 Å². The highest BCUT2D eigenvalue weighted by Crippen LogP contribution is 2.18. The third-order valence-electron chi connectivity index (χ3n) is 4.13. The number of nitrogens with zero attached hydrogens (tertiary/aromatic N) is 1. The molecule has 0 atom stereocenters. The monoisotopic (exact) mass is 359 g/mol. The Hall–Kier alpha value is -3.47. The van der Waals surface area contributed by atoms with Crippen LogP contribution in [0.3, 0.4) is 0 Å². The summed E-state index contributed by atoms with van der Waals surface area (Å²) in [7, 11) is 0. The predicted molar refractivity (Wildman–Crippen MR) is 107 cm³/mol. The van der Waals surface area contributed by atoms with Crippen molar-refractivity contribution in [3.63, 3.8) is 0 Å². The van der Waals surface area contributed by atoms with E-state index >= 15 is 0 Å². The standard InChI is InChI=1S/C22H21N3O2/c1-16(14-21(26)23-15-17-8-3-2-4-9-17)24-25-22(27)20-13-7-11-18-10-5-6-12-19(18)20/h2-13H,14-15H2,1H3,(H,23,26)(H,25,27)/b24-16-. The fraction of sp³-hybridized carbons (Fsp3) is 0.136. The summed E-state index contributed by atoms with van der Waals surface area (Å²) in [5.41, 5.74) is 4.66. The largest absolute Gasteiger partial charge is 0.352 e. The molecule has 0 radical (unpaired) electrons. The van der Waals surface area contributed by atoms with E-state index in [2.05, 4.69) is 15.8 Å². The highest BCUT2D eigenvalue weighted by atomic mass is 16.2. The lowest BCUT2D eigenvalue weighted by atomic mass is 10.0. The van der Waals surface area contributed by atoms with Gasteiger partial charge in [0.2, 0.25) is 5.91 Å². The number of amides is 2. The van der Waals surface area contributed by atoms with Crippen molar-refractivity contribution in [2.75, 3.05) is 0 Å². The number of carbonyl (C=O) groups excluding carboxylic acids is 2. The van der Waals surface area contributed by atoms with Gasteiger partial charge in [0, 0.05) is 17.8 Å². The summed E-state index contributed by atoms with van der Waals surface area (Å²) in [6, 6.07) is 22.9. The second kappa shape index (κ2) is 8.76. The lowest BCUT2D eigenvalue weighted by Crippen LogP contribution is -2.26. The topological polar surface area (TPSA) is 70.6 Å². The minimum absolute atomic E-state index is 0.128. The first-order valence-electron chi connectivity index (χ1n) is 8.75. The van der Waals surface area contributed by atoms with E-state index in [9.17, 15) is 9.59 Å². The number of hydrogen-bond donors (Lipinski definition) is 2. The molecule has 0 saturated heterocycles. The van der Waals surface area contributed by atoms with Crippen molar-refractivity contribution in [1.29, 1.82) is 0 Å². The van der Waals surface area contributed by atoms with Gasteiger partial charge in [-0.05, 0) is 29.3 Å². The van der Waals surface area contributed by atoms with Crippen LogP contribution in [0.2, 0.25) is 0 Å². The van der Waals surface area contributed by atoms with Crippen LogP contribution in [-0.4, -0.2) is 17.5 Å². The first-order valence-corrected chi connectivity index (χ1v) is 8.75. The molecule has 0 bridgehead atoms. The van der Waals surface area contributed by atoms with Gasteiger partial charge in [0.25, 0.3) is 5.91 Å². The summed E-state index contributed by atoms with van der Waals surface area (Å²) in [6.07, 6.45) is 0.128. The van der Waals surface area contributed by atoms with E-state index in [0.29, 0.717) is 17.8 Å². The molecule has 0 aliphatic carbocycles. The van der Waals surface area contributed by atoms with Crippen molar-refractivity contribution in [1.82, 2.24) is 10.7 Å². The molecule has 0 saturated carbocycles. The highest BCUT2D eigenvalue weighted by molar-refractivity contribution is 6.07. The van der Waals surface area contributed by atoms with Crippen LogP contribution < -0.4 is 10.7 Å². The zero-order valence-corrected chi connectivity index (χ0v) is 15.1. The summed E-state index contributed by atoms with van der Waals surface area (Å²) >= 11 is 0. The van der Waals surface area contributed by atoms with Crippen LogP contribution in [0.1, 0.15) is 29.3 Å². The summed E-state index contributed by atoms with van der Waals surface area (Å²) in [5.74, 6) is -0.435. The molecule has 0 unspecified atom stereocenters. The molecule has 5 heteroatoms. The number of fused-ring (bicyclic) bond motifs is 1. The summed E-state index contributed by atoms with van der Waals surface area (Å²) < 4.78 is 0. The molecule has 5 nitrogen and oxygen atoms in total. The Bertz CT molecular complexity index is 976. The minimum atomic E-state index is -0.296. The molecule has 0 aliphatic heterocycles. The zero-order chi connectivity index (χ0) is 19.1. The average molecular weight is 359 g/mol. The minimum Gasteiger partial charge on any atom is -0.352 e. The fourth-order valence-corrected chi connectivity index (χ4v) is 2.76. The Labute approximate surface area is 158 Å². The van der Waals surface area contributed by atoms with E-state index in [-0.39, 0.29) is 18.2 Å². The second-order valence-corrected chi connectivity index (χ2v) is 6.25.